The molecule has 16 rings (SSSR count). The monoisotopic (exact) mass is 774 g/mol. The number of hydrogen-bond donors (Lipinski definition) is 0. The fourth-order valence-electron chi connectivity index (χ4n) is 13.4. The quantitative estimate of drug-likeness (QED) is 0.124. The minimum Gasteiger partial charge on any atom is -0.492 e. The first kappa shape index (κ1) is 30.6. The van der Waals surface area contributed by atoms with Gasteiger partial charge >= 0.3 is 0 Å². The average molecular weight is 775 g/mol. The van der Waals surface area contributed by atoms with Gasteiger partial charge in [0.05, 0.1) is 42.7 Å². The van der Waals surface area contributed by atoms with Gasteiger partial charge in [-0.1, -0.05) is 36.4 Å². The molecule has 16 aromatic carbocycles. The molecule has 6 heteroatoms. The molecule has 60 heavy (non-hydrogen) atoms. The Morgan fingerprint density at radius 2 is 0.283 bits per heavy atom. The molecule has 0 bridgehead atoms. The largest absolute Gasteiger partial charge is 0.492 e. The van der Waals surface area contributed by atoms with Gasteiger partial charge in [0.2, 0.25) is 0 Å². The summed E-state index contributed by atoms with van der Waals surface area (Å²) in [5.41, 5.74) is 0. The Balaban J connectivity index is 1.40. The minimum absolute atomic E-state index is 0.763. The van der Waals surface area contributed by atoms with Crippen LogP contribution < -0.4 is 28.4 Å². The number of hydrogen-bond acceptors (Lipinski definition) is 6. The van der Waals surface area contributed by atoms with Crippen molar-refractivity contribution in [1.82, 2.24) is 0 Å². The lowest BCUT2D eigenvalue weighted by Crippen LogP contribution is -2.04. The molecule has 0 spiro atoms. The van der Waals surface area contributed by atoms with Crippen LogP contribution in [0.25, 0.3) is 162 Å². The van der Waals surface area contributed by atoms with Gasteiger partial charge in [-0.25, -0.2) is 0 Å². The zero-order valence-corrected chi connectivity index (χ0v) is 33.4. The van der Waals surface area contributed by atoms with E-state index in [9.17, 15) is 0 Å². The van der Waals surface area contributed by atoms with Crippen LogP contribution >= 0.6 is 0 Å². The predicted octanol–water partition coefficient (Wildman–Crippen LogP) is 14.0. The van der Waals surface area contributed by atoms with E-state index >= 15 is 0 Å². The standard InChI is InChI=1S/C54H30O6/c1-55-49-25-13-7-19-21-9-15-27-39-33(21)45-43-31(19)37(25)38-26(50(49)56-2)14-8-20-22-10-16-28-40-34(22)46(44(43)32(20)38)48-36-24(12-18-30(42(36)40)54(60-6)52(28)58-4)23-11-17-29(41(39)35(23)47(45)48)53(59-5)51(27)57-3/h7-18H,1-6H3. The van der Waals surface area contributed by atoms with Crippen molar-refractivity contribution in [1.29, 1.82) is 0 Å². The fraction of sp³-hybridized carbons (Fsp3) is 0.111. The lowest BCUT2D eigenvalue weighted by atomic mass is 9.71. The molecule has 6 nitrogen and oxygen atoms in total. The first-order valence-electron chi connectivity index (χ1n) is 20.4. The van der Waals surface area contributed by atoms with Gasteiger partial charge in [0.25, 0.3) is 0 Å². The molecule has 0 aliphatic heterocycles. The summed E-state index contributed by atoms with van der Waals surface area (Å²) in [7, 11) is 10.6. The zero-order valence-electron chi connectivity index (χ0n) is 33.4. The Bertz CT molecular complexity index is 3750. The molecule has 0 saturated carbocycles. The van der Waals surface area contributed by atoms with Crippen LogP contribution in [0.3, 0.4) is 0 Å². The maximum absolute atomic E-state index is 6.30. The molecule has 0 N–H and O–H groups in total. The van der Waals surface area contributed by atoms with E-state index in [1.807, 2.05) is 0 Å². The molecule has 0 aliphatic carbocycles. The molecular weight excluding hydrogens is 745 g/mol. The van der Waals surface area contributed by atoms with Crippen molar-refractivity contribution in [3.63, 3.8) is 0 Å². The van der Waals surface area contributed by atoms with Crippen LogP contribution in [0, 0.1) is 0 Å². The van der Waals surface area contributed by atoms with Crippen LogP contribution in [0.5, 0.6) is 34.5 Å². The van der Waals surface area contributed by atoms with Crippen molar-refractivity contribution in [2.75, 3.05) is 42.7 Å². The summed E-state index contributed by atoms with van der Waals surface area (Å²) in [6, 6.07) is 27.5. The van der Waals surface area contributed by atoms with Gasteiger partial charge in [0, 0.05) is 64.6 Å². The third kappa shape index (κ3) is 2.70. The molecular formula is C54H30O6. The van der Waals surface area contributed by atoms with Gasteiger partial charge in [0.1, 0.15) is 0 Å². The summed E-state index contributed by atoms with van der Waals surface area (Å²) in [6.07, 6.45) is 0. The molecule has 0 aromatic heterocycles. The molecule has 0 unspecified atom stereocenters. The van der Waals surface area contributed by atoms with Crippen LogP contribution in [0.2, 0.25) is 0 Å². The zero-order chi connectivity index (χ0) is 39.5. The van der Waals surface area contributed by atoms with Crippen molar-refractivity contribution in [3.8, 4) is 34.5 Å². The number of rotatable bonds is 6. The number of benzene rings is 16. The Morgan fingerprint density at radius 1 is 0.167 bits per heavy atom. The Labute approximate surface area is 338 Å². The van der Waals surface area contributed by atoms with Gasteiger partial charge in [-0.2, -0.15) is 0 Å². The summed E-state index contributed by atoms with van der Waals surface area (Å²) in [4.78, 5) is 0. The molecule has 0 amide bonds. The maximum atomic E-state index is 6.30. The van der Waals surface area contributed by atoms with Crippen molar-refractivity contribution in [2.24, 2.45) is 0 Å². The predicted molar refractivity (Wildman–Crippen MR) is 249 cm³/mol. The smallest absolute Gasteiger partial charge is 0.169 e. The Morgan fingerprint density at radius 3 is 0.417 bits per heavy atom. The van der Waals surface area contributed by atoms with Crippen LogP contribution in [-0.2, 0) is 0 Å². The molecule has 0 saturated heterocycles. The van der Waals surface area contributed by atoms with Gasteiger partial charge in [-0.15, -0.1) is 0 Å². The van der Waals surface area contributed by atoms with E-state index in [0.717, 1.165) is 66.8 Å². The van der Waals surface area contributed by atoms with Gasteiger partial charge < -0.3 is 28.4 Å². The number of methoxy groups -OCH3 is 6. The highest BCUT2D eigenvalue weighted by atomic mass is 16.5. The van der Waals surface area contributed by atoms with E-state index in [1.165, 1.54) is 129 Å². The molecule has 282 valence electrons. The minimum atomic E-state index is 0.763. The number of ether oxygens (including phenoxy) is 6. The fourth-order valence-corrected chi connectivity index (χ4v) is 13.4. The topological polar surface area (TPSA) is 55.4 Å². The van der Waals surface area contributed by atoms with Crippen LogP contribution in [0.4, 0.5) is 0 Å². The van der Waals surface area contributed by atoms with E-state index in [4.69, 9.17) is 28.4 Å². The average Bonchev–Trinajstić information content (AvgIpc) is 3.29. The van der Waals surface area contributed by atoms with E-state index in [0.29, 0.717) is 0 Å². The van der Waals surface area contributed by atoms with Gasteiger partial charge in [-0.3, -0.25) is 0 Å². The molecule has 0 aliphatic rings. The van der Waals surface area contributed by atoms with Crippen molar-refractivity contribution in [3.05, 3.63) is 72.8 Å². The number of fused-ring (bicyclic) bond motifs is 3. The normalized spacial score (nSPS) is 13.5. The van der Waals surface area contributed by atoms with Crippen LogP contribution in [0.1, 0.15) is 0 Å². The second kappa shape index (κ2) is 9.38. The highest BCUT2D eigenvalue weighted by Crippen LogP contribution is 2.65. The lowest BCUT2D eigenvalue weighted by Gasteiger charge is -2.32. The molecule has 0 atom stereocenters. The van der Waals surface area contributed by atoms with Crippen molar-refractivity contribution in [2.45, 2.75) is 0 Å². The van der Waals surface area contributed by atoms with E-state index in [1.54, 1.807) is 42.7 Å². The molecule has 0 fully saturated rings. The van der Waals surface area contributed by atoms with E-state index in [-0.39, 0.29) is 0 Å². The van der Waals surface area contributed by atoms with Crippen LogP contribution in [-0.4, -0.2) is 42.7 Å². The van der Waals surface area contributed by atoms with Crippen molar-refractivity contribution < 1.29 is 28.4 Å². The third-order valence-electron chi connectivity index (χ3n) is 15.2. The SMILES string of the molecule is COc1c(OC)c2ccc3c4ccc5c(OC)c(OC)c6ccc7c8ccc9c(OC)c(OC)c%10ccc%11c%12ccc1c1c2c3c2c(c%121)c1c%11c%10c9c8c1c1c7c6c5c4c21. The van der Waals surface area contributed by atoms with E-state index in [2.05, 4.69) is 72.8 Å². The third-order valence-corrected chi connectivity index (χ3v) is 15.2. The lowest BCUT2D eigenvalue weighted by molar-refractivity contribution is 0.362. The van der Waals surface area contributed by atoms with Gasteiger partial charge in [-0.05, 0) is 133 Å². The van der Waals surface area contributed by atoms with Gasteiger partial charge in [0.15, 0.2) is 34.5 Å². The second-order valence-electron chi connectivity index (χ2n) is 16.9. The Hall–Kier alpha value is -7.44. The summed E-state index contributed by atoms with van der Waals surface area (Å²) in [5.74, 6) is 4.58. The van der Waals surface area contributed by atoms with Crippen LogP contribution in [0.15, 0.2) is 72.8 Å². The highest BCUT2D eigenvalue weighted by Gasteiger charge is 2.36. The van der Waals surface area contributed by atoms with E-state index < -0.39 is 0 Å². The summed E-state index contributed by atoms with van der Waals surface area (Å²) in [5, 5.41) is 36.6. The molecule has 0 radical (unpaired) electrons. The second-order valence-corrected chi connectivity index (χ2v) is 16.9. The molecule has 0 heterocycles. The summed E-state index contributed by atoms with van der Waals surface area (Å²) < 4.78 is 37.8. The Kier molecular flexibility index (Phi) is 4.78. The summed E-state index contributed by atoms with van der Waals surface area (Å²) >= 11 is 0. The first-order valence-corrected chi connectivity index (χ1v) is 20.4. The molecule has 16 aromatic rings. The highest BCUT2D eigenvalue weighted by molar-refractivity contribution is 6.64. The maximum Gasteiger partial charge on any atom is 0.169 e. The van der Waals surface area contributed by atoms with Crippen molar-refractivity contribution >= 4 is 162 Å². The first-order chi connectivity index (χ1) is 29.6. The summed E-state index contributed by atoms with van der Waals surface area (Å²) in [6.45, 7) is 0.